The molecule has 2 aliphatic rings. The molecule has 3 rings (SSSR count). The molecule has 5 heteroatoms. The molecule has 1 unspecified atom stereocenters. The standard InChI is InChI=1S/C15H21N3O2/c1-11-9-18(10-14(19)17-7-2-3-8-17)15-12(16)5-4-6-13(15)20-11/h4-6,11H,2-3,7-10,16H2,1H3. The molecule has 1 aromatic carbocycles. The molecule has 20 heavy (non-hydrogen) atoms. The van der Waals surface area contributed by atoms with E-state index >= 15 is 0 Å². The SMILES string of the molecule is CC1CN(CC(=O)N2CCCC2)c2c(N)cccc2O1. The number of likely N-dealkylation sites (tertiary alicyclic amines) is 1. The third-order valence-electron chi connectivity index (χ3n) is 3.94. The van der Waals surface area contributed by atoms with Crippen molar-refractivity contribution in [3.05, 3.63) is 18.2 Å². The minimum Gasteiger partial charge on any atom is -0.487 e. The number of ether oxygens (including phenoxy) is 1. The summed E-state index contributed by atoms with van der Waals surface area (Å²) in [6.07, 6.45) is 2.30. The lowest BCUT2D eigenvalue weighted by Crippen LogP contribution is -2.45. The van der Waals surface area contributed by atoms with Crippen LogP contribution in [0.4, 0.5) is 11.4 Å². The highest BCUT2D eigenvalue weighted by Crippen LogP contribution is 2.38. The molecule has 1 fully saturated rings. The van der Waals surface area contributed by atoms with Crippen molar-refractivity contribution in [2.75, 3.05) is 36.8 Å². The van der Waals surface area contributed by atoms with Crippen LogP contribution in [0.25, 0.3) is 0 Å². The topological polar surface area (TPSA) is 58.8 Å². The molecule has 0 spiro atoms. The van der Waals surface area contributed by atoms with Gasteiger partial charge in [-0.25, -0.2) is 0 Å². The predicted octanol–water partition coefficient (Wildman–Crippen LogP) is 1.48. The van der Waals surface area contributed by atoms with Crippen molar-refractivity contribution in [1.29, 1.82) is 0 Å². The van der Waals surface area contributed by atoms with Gasteiger partial charge >= 0.3 is 0 Å². The molecule has 1 atom stereocenters. The fraction of sp³-hybridized carbons (Fsp3) is 0.533. The third-order valence-corrected chi connectivity index (χ3v) is 3.94. The van der Waals surface area contributed by atoms with E-state index in [4.69, 9.17) is 10.5 Å². The summed E-state index contributed by atoms with van der Waals surface area (Å²) in [7, 11) is 0. The van der Waals surface area contributed by atoms with Crippen molar-refractivity contribution in [2.45, 2.75) is 25.9 Å². The Hall–Kier alpha value is -1.91. The lowest BCUT2D eigenvalue weighted by molar-refractivity contribution is -0.128. The maximum atomic E-state index is 12.3. The van der Waals surface area contributed by atoms with E-state index in [1.807, 2.05) is 30.0 Å². The lowest BCUT2D eigenvalue weighted by Gasteiger charge is -2.36. The third kappa shape index (κ3) is 2.40. The van der Waals surface area contributed by atoms with E-state index in [9.17, 15) is 4.79 Å². The first-order valence-electron chi connectivity index (χ1n) is 7.23. The molecule has 2 aliphatic heterocycles. The van der Waals surface area contributed by atoms with E-state index in [1.54, 1.807) is 0 Å². The maximum Gasteiger partial charge on any atom is 0.242 e. The van der Waals surface area contributed by atoms with Crippen LogP contribution in [0.1, 0.15) is 19.8 Å². The summed E-state index contributed by atoms with van der Waals surface area (Å²) in [6.45, 7) is 4.86. The van der Waals surface area contributed by atoms with E-state index in [0.29, 0.717) is 18.8 Å². The number of carbonyl (C=O) groups excluding carboxylic acids is 1. The molecule has 0 aromatic heterocycles. The van der Waals surface area contributed by atoms with E-state index in [1.165, 1.54) is 0 Å². The number of fused-ring (bicyclic) bond motifs is 1. The summed E-state index contributed by atoms with van der Waals surface area (Å²) in [5.74, 6) is 0.962. The van der Waals surface area contributed by atoms with Crippen molar-refractivity contribution in [2.24, 2.45) is 0 Å². The molecule has 0 aliphatic carbocycles. The van der Waals surface area contributed by atoms with Crippen LogP contribution in [0.2, 0.25) is 0 Å². The van der Waals surface area contributed by atoms with Crippen LogP contribution >= 0.6 is 0 Å². The molecule has 5 nitrogen and oxygen atoms in total. The number of carbonyl (C=O) groups is 1. The first-order chi connectivity index (χ1) is 9.65. The number of amides is 1. The van der Waals surface area contributed by atoms with Crippen LogP contribution in [0.3, 0.4) is 0 Å². The Labute approximate surface area is 119 Å². The normalized spacial score (nSPS) is 21.6. The van der Waals surface area contributed by atoms with Crippen molar-refractivity contribution >= 4 is 17.3 Å². The fourth-order valence-corrected chi connectivity index (χ4v) is 3.00. The zero-order valence-corrected chi connectivity index (χ0v) is 11.8. The average Bonchev–Trinajstić information content (AvgIpc) is 2.92. The first kappa shape index (κ1) is 13.1. The summed E-state index contributed by atoms with van der Waals surface area (Å²) in [5.41, 5.74) is 7.59. The molecular formula is C15H21N3O2. The number of rotatable bonds is 2. The molecule has 2 heterocycles. The van der Waals surface area contributed by atoms with Crippen molar-refractivity contribution in [1.82, 2.24) is 4.90 Å². The van der Waals surface area contributed by atoms with Crippen molar-refractivity contribution in [3.8, 4) is 5.75 Å². The molecule has 1 amide bonds. The number of benzene rings is 1. The second-order valence-corrected chi connectivity index (χ2v) is 5.59. The molecule has 108 valence electrons. The van der Waals surface area contributed by atoms with Gasteiger partial charge in [0, 0.05) is 13.1 Å². The van der Waals surface area contributed by atoms with Gasteiger partial charge in [-0.15, -0.1) is 0 Å². The van der Waals surface area contributed by atoms with Gasteiger partial charge < -0.3 is 20.3 Å². The molecule has 0 saturated carbocycles. The van der Waals surface area contributed by atoms with E-state index in [2.05, 4.69) is 4.90 Å². The smallest absolute Gasteiger partial charge is 0.242 e. The summed E-state index contributed by atoms with van der Waals surface area (Å²) in [5, 5.41) is 0. The van der Waals surface area contributed by atoms with E-state index in [-0.39, 0.29) is 12.0 Å². The highest BCUT2D eigenvalue weighted by Gasteiger charge is 2.28. The van der Waals surface area contributed by atoms with Crippen LogP contribution in [0.5, 0.6) is 5.75 Å². The van der Waals surface area contributed by atoms with Gasteiger partial charge in [0.25, 0.3) is 0 Å². The summed E-state index contributed by atoms with van der Waals surface area (Å²) in [4.78, 5) is 16.3. The second kappa shape index (κ2) is 5.23. The van der Waals surface area contributed by atoms with Gasteiger partial charge in [0.15, 0.2) is 0 Å². The Morgan fingerprint density at radius 2 is 2.15 bits per heavy atom. The van der Waals surface area contributed by atoms with Crippen LogP contribution in [0, 0.1) is 0 Å². The molecule has 1 saturated heterocycles. The first-order valence-corrected chi connectivity index (χ1v) is 7.23. The van der Waals surface area contributed by atoms with Gasteiger partial charge in [-0.3, -0.25) is 4.79 Å². The van der Waals surface area contributed by atoms with Gasteiger partial charge in [0.1, 0.15) is 17.5 Å². The Balaban J connectivity index is 1.81. The van der Waals surface area contributed by atoms with Crippen molar-refractivity contribution in [3.63, 3.8) is 0 Å². The van der Waals surface area contributed by atoms with E-state index in [0.717, 1.165) is 37.4 Å². The Morgan fingerprint density at radius 1 is 1.40 bits per heavy atom. The summed E-state index contributed by atoms with van der Waals surface area (Å²) < 4.78 is 5.80. The highest BCUT2D eigenvalue weighted by atomic mass is 16.5. The average molecular weight is 275 g/mol. The number of hydrogen-bond acceptors (Lipinski definition) is 4. The number of hydrogen-bond donors (Lipinski definition) is 1. The highest BCUT2D eigenvalue weighted by molar-refractivity contribution is 5.85. The van der Waals surface area contributed by atoms with Gasteiger partial charge in [-0.2, -0.15) is 0 Å². The summed E-state index contributed by atoms with van der Waals surface area (Å²) in [6, 6.07) is 5.65. The van der Waals surface area contributed by atoms with Crippen LogP contribution < -0.4 is 15.4 Å². The quantitative estimate of drug-likeness (QED) is 0.831. The monoisotopic (exact) mass is 275 g/mol. The van der Waals surface area contributed by atoms with E-state index < -0.39 is 0 Å². The Morgan fingerprint density at radius 3 is 2.90 bits per heavy atom. The van der Waals surface area contributed by atoms with Crippen molar-refractivity contribution < 1.29 is 9.53 Å². The number of anilines is 2. The zero-order chi connectivity index (χ0) is 14.1. The Kier molecular flexibility index (Phi) is 3.42. The number of nitrogens with zero attached hydrogens (tertiary/aromatic N) is 2. The molecule has 1 aromatic rings. The lowest BCUT2D eigenvalue weighted by atomic mass is 10.1. The number of nitrogen functional groups attached to an aromatic ring is 1. The number of para-hydroxylation sites is 1. The summed E-state index contributed by atoms with van der Waals surface area (Å²) >= 11 is 0. The van der Waals surface area contributed by atoms with Gasteiger partial charge in [0.05, 0.1) is 18.8 Å². The largest absolute Gasteiger partial charge is 0.487 e. The molecule has 2 N–H and O–H groups in total. The predicted molar refractivity (Wildman–Crippen MR) is 79.0 cm³/mol. The molecule has 0 bridgehead atoms. The van der Waals surface area contributed by atoms with Crippen LogP contribution in [-0.2, 0) is 4.79 Å². The minimum absolute atomic E-state index is 0.0654. The van der Waals surface area contributed by atoms with Gasteiger partial charge in [0.2, 0.25) is 5.91 Å². The molecule has 0 radical (unpaired) electrons. The fourth-order valence-electron chi connectivity index (χ4n) is 3.00. The Bertz CT molecular complexity index is 512. The zero-order valence-electron chi connectivity index (χ0n) is 11.8. The van der Waals surface area contributed by atoms with Crippen LogP contribution in [-0.4, -0.2) is 43.1 Å². The van der Waals surface area contributed by atoms with Gasteiger partial charge in [-0.05, 0) is 31.9 Å². The minimum atomic E-state index is 0.0654. The van der Waals surface area contributed by atoms with Gasteiger partial charge in [-0.1, -0.05) is 6.07 Å². The maximum absolute atomic E-state index is 12.3. The number of nitrogens with two attached hydrogens (primary N) is 1. The van der Waals surface area contributed by atoms with Crippen LogP contribution in [0.15, 0.2) is 18.2 Å². The molecular weight excluding hydrogens is 254 g/mol. The second-order valence-electron chi connectivity index (χ2n) is 5.59.